The molecule has 0 amide bonds. The van der Waals surface area contributed by atoms with E-state index < -0.39 is 4.93 Å². The summed E-state index contributed by atoms with van der Waals surface area (Å²) >= 11 is 1.67. The second kappa shape index (κ2) is 6.72. The topological polar surface area (TPSA) is 20.2 Å². The molecule has 0 aromatic heterocycles. The van der Waals surface area contributed by atoms with Crippen molar-refractivity contribution in [3.8, 4) is 0 Å². The van der Waals surface area contributed by atoms with Crippen molar-refractivity contribution >= 4 is 11.8 Å². The summed E-state index contributed by atoms with van der Waals surface area (Å²) in [7, 11) is 0. The Labute approximate surface area is 87.3 Å². The van der Waals surface area contributed by atoms with Crippen molar-refractivity contribution in [1.29, 1.82) is 0 Å². The van der Waals surface area contributed by atoms with Crippen LogP contribution in [0.25, 0.3) is 0 Å². The number of rotatable bonds is 7. The number of hydrogen-bond acceptors (Lipinski definition) is 2. The molecule has 1 atom stereocenters. The van der Waals surface area contributed by atoms with Gasteiger partial charge in [-0.1, -0.05) is 39.5 Å². The zero-order valence-electron chi connectivity index (χ0n) is 9.47. The Morgan fingerprint density at radius 1 is 1.23 bits per heavy atom. The maximum Gasteiger partial charge on any atom is 0.105 e. The van der Waals surface area contributed by atoms with Crippen LogP contribution in [0.5, 0.6) is 0 Å². The molecule has 13 heavy (non-hydrogen) atoms. The van der Waals surface area contributed by atoms with E-state index in [2.05, 4.69) is 13.8 Å². The molecular weight excluding hydrogens is 180 g/mol. The molecule has 0 aromatic rings. The smallest absolute Gasteiger partial charge is 0.105 e. The fourth-order valence-corrected chi connectivity index (χ4v) is 2.68. The number of hydrogen-bond donors (Lipinski definition) is 1. The van der Waals surface area contributed by atoms with Crippen molar-refractivity contribution in [1.82, 2.24) is 0 Å². The Kier molecular flexibility index (Phi) is 6.88. The fourth-order valence-electron chi connectivity index (χ4n) is 1.41. The van der Waals surface area contributed by atoms with Gasteiger partial charge in [-0.3, -0.25) is 0 Å². The van der Waals surface area contributed by atoms with Crippen molar-refractivity contribution in [2.45, 2.75) is 70.0 Å². The molecule has 80 valence electrons. The highest BCUT2D eigenvalue weighted by Crippen LogP contribution is 2.28. The minimum absolute atomic E-state index is 0.565. The summed E-state index contributed by atoms with van der Waals surface area (Å²) in [5, 5.41) is 10.1. The lowest BCUT2D eigenvalue weighted by atomic mass is 10.1. The maximum atomic E-state index is 9.55. The van der Waals surface area contributed by atoms with E-state index in [0.29, 0.717) is 5.25 Å². The van der Waals surface area contributed by atoms with Crippen LogP contribution in [0.4, 0.5) is 0 Å². The summed E-state index contributed by atoms with van der Waals surface area (Å²) in [5.41, 5.74) is 0. The van der Waals surface area contributed by atoms with Crippen molar-refractivity contribution in [2.75, 3.05) is 0 Å². The Morgan fingerprint density at radius 2 is 1.85 bits per heavy atom. The quantitative estimate of drug-likeness (QED) is 0.503. The Hall–Kier alpha value is 0.310. The van der Waals surface area contributed by atoms with Crippen LogP contribution in [0.15, 0.2) is 0 Å². The minimum Gasteiger partial charge on any atom is -0.380 e. The van der Waals surface area contributed by atoms with E-state index in [9.17, 15) is 5.11 Å². The highest BCUT2D eigenvalue weighted by Gasteiger charge is 2.16. The average Bonchev–Trinajstić information content (AvgIpc) is 1.94. The normalized spacial score (nSPS) is 14.5. The molecule has 0 fully saturated rings. The summed E-state index contributed by atoms with van der Waals surface area (Å²) in [6.45, 7) is 8.16. The first-order valence-electron chi connectivity index (χ1n) is 5.36. The standard InChI is InChI=1S/C11H24OS/c1-5-6-7-8-9-10(2)13-11(3,4)12/h10,12H,5-9H2,1-4H3. The number of thioether (sulfide) groups is 1. The summed E-state index contributed by atoms with van der Waals surface area (Å²) in [6, 6.07) is 0. The summed E-state index contributed by atoms with van der Waals surface area (Å²) < 4.78 is 0. The SMILES string of the molecule is CCCCCCC(C)SC(C)(C)O. The molecule has 1 unspecified atom stereocenters. The van der Waals surface area contributed by atoms with Crippen LogP contribution in [-0.4, -0.2) is 15.3 Å². The van der Waals surface area contributed by atoms with Crippen molar-refractivity contribution in [3.05, 3.63) is 0 Å². The van der Waals surface area contributed by atoms with Gasteiger partial charge in [0.25, 0.3) is 0 Å². The summed E-state index contributed by atoms with van der Waals surface area (Å²) in [4.78, 5) is -0.565. The summed E-state index contributed by atoms with van der Waals surface area (Å²) in [6.07, 6.45) is 6.52. The lowest BCUT2D eigenvalue weighted by Gasteiger charge is -2.21. The van der Waals surface area contributed by atoms with Gasteiger partial charge in [-0.2, -0.15) is 0 Å². The molecule has 1 nitrogen and oxygen atoms in total. The zero-order chi connectivity index (χ0) is 10.3. The first-order chi connectivity index (χ1) is 5.95. The molecule has 0 aliphatic rings. The van der Waals surface area contributed by atoms with Gasteiger partial charge in [0.15, 0.2) is 0 Å². The van der Waals surface area contributed by atoms with Crippen molar-refractivity contribution in [2.24, 2.45) is 0 Å². The molecule has 0 saturated carbocycles. The molecule has 0 aliphatic carbocycles. The Morgan fingerprint density at radius 3 is 2.31 bits per heavy atom. The molecule has 2 heteroatoms. The van der Waals surface area contributed by atoms with Gasteiger partial charge in [-0.15, -0.1) is 11.8 Å². The zero-order valence-corrected chi connectivity index (χ0v) is 10.3. The van der Waals surface area contributed by atoms with Crippen LogP contribution in [0, 0.1) is 0 Å². The van der Waals surface area contributed by atoms with Gasteiger partial charge >= 0.3 is 0 Å². The monoisotopic (exact) mass is 204 g/mol. The van der Waals surface area contributed by atoms with E-state index in [0.717, 1.165) is 0 Å². The van der Waals surface area contributed by atoms with E-state index in [1.54, 1.807) is 11.8 Å². The summed E-state index contributed by atoms with van der Waals surface area (Å²) in [5.74, 6) is 0. The highest BCUT2D eigenvalue weighted by atomic mass is 32.2. The third-order valence-electron chi connectivity index (χ3n) is 1.95. The predicted octanol–water partition coefficient (Wildman–Crippen LogP) is 3.81. The number of aliphatic hydroxyl groups is 1. The highest BCUT2D eigenvalue weighted by molar-refractivity contribution is 8.01. The molecular formula is C11H24OS. The van der Waals surface area contributed by atoms with Crippen LogP contribution in [-0.2, 0) is 0 Å². The molecule has 0 rings (SSSR count). The fraction of sp³-hybridized carbons (Fsp3) is 1.00. The van der Waals surface area contributed by atoms with Gasteiger partial charge in [-0.25, -0.2) is 0 Å². The maximum absolute atomic E-state index is 9.55. The third kappa shape index (κ3) is 10.2. The van der Waals surface area contributed by atoms with E-state index in [-0.39, 0.29) is 0 Å². The molecule has 0 spiro atoms. The molecule has 0 aliphatic heterocycles. The van der Waals surface area contributed by atoms with Crippen molar-refractivity contribution < 1.29 is 5.11 Å². The Bertz CT molecular complexity index is 118. The van der Waals surface area contributed by atoms with Gasteiger partial charge in [-0.05, 0) is 20.3 Å². The second-order valence-corrected chi connectivity index (χ2v) is 6.26. The average molecular weight is 204 g/mol. The van der Waals surface area contributed by atoms with Gasteiger partial charge in [0.2, 0.25) is 0 Å². The predicted molar refractivity (Wildman–Crippen MR) is 62.1 cm³/mol. The lowest BCUT2D eigenvalue weighted by Crippen LogP contribution is -2.17. The van der Waals surface area contributed by atoms with Gasteiger partial charge in [0, 0.05) is 5.25 Å². The van der Waals surface area contributed by atoms with E-state index in [1.807, 2.05) is 13.8 Å². The minimum atomic E-state index is -0.565. The van der Waals surface area contributed by atoms with Crippen LogP contribution >= 0.6 is 11.8 Å². The number of unbranched alkanes of at least 4 members (excludes halogenated alkanes) is 3. The van der Waals surface area contributed by atoms with Gasteiger partial charge in [0.1, 0.15) is 4.93 Å². The van der Waals surface area contributed by atoms with Crippen LogP contribution in [0.3, 0.4) is 0 Å². The van der Waals surface area contributed by atoms with Crippen LogP contribution in [0.2, 0.25) is 0 Å². The molecule has 0 saturated heterocycles. The largest absolute Gasteiger partial charge is 0.380 e. The van der Waals surface area contributed by atoms with Gasteiger partial charge in [0.05, 0.1) is 0 Å². The molecule has 0 bridgehead atoms. The molecule has 0 heterocycles. The van der Waals surface area contributed by atoms with Crippen molar-refractivity contribution in [3.63, 3.8) is 0 Å². The molecule has 0 aromatic carbocycles. The lowest BCUT2D eigenvalue weighted by molar-refractivity contribution is 0.178. The van der Waals surface area contributed by atoms with Gasteiger partial charge < -0.3 is 5.11 Å². The van der Waals surface area contributed by atoms with Crippen LogP contribution in [0.1, 0.15) is 59.8 Å². The third-order valence-corrected chi connectivity index (χ3v) is 3.17. The first kappa shape index (κ1) is 13.3. The second-order valence-electron chi connectivity index (χ2n) is 4.22. The molecule has 0 radical (unpaired) electrons. The Balaban J connectivity index is 3.35. The van der Waals surface area contributed by atoms with Crippen LogP contribution < -0.4 is 0 Å². The van der Waals surface area contributed by atoms with E-state index >= 15 is 0 Å². The van der Waals surface area contributed by atoms with E-state index in [1.165, 1.54) is 32.1 Å². The molecule has 1 N–H and O–H groups in total. The first-order valence-corrected chi connectivity index (χ1v) is 6.24. The van der Waals surface area contributed by atoms with E-state index in [4.69, 9.17) is 0 Å².